The number of rotatable bonds is 0. The van der Waals surface area contributed by atoms with Gasteiger partial charge in [-0.15, -0.1) is 0 Å². The maximum atomic E-state index is 4.25. The lowest BCUT2D eigenvalue weighted by Crippen LogP contribution is -2.08. The van der Waals surface area contributed by atoms with Gasteiger partial charge in [-0.2, -0.15) is 40.9 Å². The van der Waals surface area contributed by atoms with E-state index in [1.807, 2.05) is 0 Å². The molecular formula is C36H24N8. The second kappa shape index (κ2) is 14.1. The summed E-state index contributed by atoms with van der Waals surface area (Å²) in [6.07, 6.45) is 2.34. The molecule has 0 N–H and O–H groups in total. The average Bonchev–Trinajstić information content (AvgIpc) is 3.84. The zero-order chi connectivity index (χ0) is 30.7. The molecule has 0 saturated carbocycles. The lowest BCUT2D eigenvalue weighted by atomic mass is 10.0. The van der Waals surface area contributed by atoms with Gasteiger partial charge in [0, 0.05) is 48.0 Å². The van der Waals surface area contributed by atoms with E-state index >= 15 is 0 Å². The minimum absolute atomic E-state index is 0.237. The second-order valence-electron chi connectivity index (χ2n) is 10.2. The number of hydrogen-bond donors (Lipinski definition) is 0. The van der Waals surface area contributed by atoms with E-state index in [4.69, 9.17) is 0 Å². The van der Waals surface area contributed by atoms with Crippen LogP contribution < -0.4 is 0 Å². The molecule has 5 rings (SSSR count). The lowest BCUT2D eigenvalue weighted by molar-refractivity contribution is 0.764. The molecule has 5 aliphatic rings. The van der Waals surface area contributed by atoms with E-state index in [0.29, 0.717) is 48.0 Å². The maximum absolute atomic E-state index is 4.25. The Balaban J connectivity index is 1.28. The van der Waals surface area contributed by atoms with Crippen LogP contribution >= 0.6 is 0 Å². The van der Waals surface area contributed by atoms with Gasteiger partial charge >= 0.3 is 0 Å². The third kappa shape index (κ3) is 7.98. The summed E-state index contributed by atoms with van der Waals surface area (Å²) in [7, 11) is 0. The Labute approximate surface area is 258 Å². The predicted octanol–water partition coefficient (Wildman–Crippen LogP) is 4.62. The predicted molar refractivity (Wildman–Crippen MR) is 167 cm³/mol. The zero-order valence-electron chi connectivity index (χ0n) is 23.9. The molecule has 0 fully saturated rings. The lowest BCUT2D eigenvalue weighted by Gasteiger charge is -2.02. The average molecular weight is 569 g/mol. The van der Waals surface area contributed by atoms with Crippen molar-refractivity contribution in [3.8, 4) is 94.7 Å². The maximum Gasteiger partial charge on any atom is 0.135 e. The van der Waals surface area contributed by atoms with Crippen molar-refractivity contribution in [2.75, 3.05) is 0 Å². The molecule has 8 bridgehead atoms. The Morgan fingerprint density at radius 1 is 0.341 bits per heavy atom. The van der Waals surface area contributed by atoms with Crippen molar-refractivity contribution in [3.63, 3.8) is 0 Å². The number of fused-ring (bicyclic) bond motifs is 8. The van der Waals surface area contributed by atoms with Gasteiger partial charge in [-0.05, 0) is 47.4 Å². The van der Waals surface area contributed by atoms with Crippen molar-refractivity contribution in [2.45, 2.75) is 74.0 Å². The van der Waals surface area contributed by atoms with Gasteiger partial charge in [0.2, 0.25) is 0 Å². The van der Waals surface area contributed by atoms with Gasteiger partial charge in [0.25, 0.3) is 0 Å². The van der Waals surface area contributed by atoms with Gasteiger partial charge in [0.05, 0.1) is 0 Å². The van der Waals surface area contributed by atoms with Gasteiger partial charge in [0.15, 0.2) is 0 Å². The molecular weight excluding hydrogens is 544 g/mol. The Morgan fingerprint density at radius 2 is 0.568 bits per heavy atom. The summed E-state index contributed by atoms with van der Waals surface area (Å²) >= 11 is 0. The van der Waals surface area contributed by atoms with E-state index in [2.05, 4.69) is 162 Å². The third-order valence-electron chi connectivity index (χ3n) is 6.87. The molecule has 44 heavy (non-hydrogen) atoms. The van der Waals surface area contributed by atoms with Crippen molar-refractivity contribution in [2.24, 2.45) is 40.9 Å². The topological polar surface area (TPSA) is 98.9 Å². The fourth-order valence-electron chi connectivity index (χ4n) is 4.32. The fourth-order valence-corrected chi connectivity index (χ4v) is 4.32. The van der Waals surface area contributed by atoms with Crippen LogP contribution in [0.5, 0.6) is 0 Å². The largest absolute Gasteiger partial charge is 0.184 e. The van der Waals surface area contributed by atoms with Crippen LogP contribution in [0.3, 0.4) is 0 Å². The van der Waals surface area contributed by atoms with Crippen LogP contribution in [0.2, 0.25) is 0 Å². The fraction of sp³-hybridized carbons (Fsp3) is 0.333. The molecule has 0 saturated heterocycles. The minimum Gasteiger partial charge on any atom is -0.184 e. The Kier molecular flexibility index (Phi) is 9.43. The third-order valence-corrected chi connectivity index (χ3v) is 6.87. The van der Waals surface area contributed by atoms with Crippen LogP contribution in [-0.4, -0.2) is 48.3 Å². The van der Waals surface area contributed by atoms with E-state index in [9.17, 15) is 0 Å². The van der Waals surface area contributed by atoms with Crippen molar-refractivity contribution in [3.05, 3.63) is 48.6 Å². The van der Waals surface area contributed by atoms with Gasteiger partial charge < -0.3 is 0 Å². The molecule has 1 aliphatic carbocycles. The van der Waals surface area contributed by atoms with Crippen LogP contribution in [0.4, 0.5) is 0 Å². The second-order valence-corrected chi connectivity index (χ2v) is 10.2. The number of hydrogen-bond acceptors (Lipinski definition) is 8. The van der Waals surface area contributed by atoms with Gasteiger partial charge in [0.1, 0.15) is 48.3 Å². The highest BCUT2D eigenvalue weighted by Crippen LogP contribution is 2.23. The SMILES string of the molecule is C=C1C#CC#CC2CC(N=N2)C(=C)C#CC#CC2CC(N=N2)C(=C)C#CC#CC2CC(N=N2)C(=C)C#CC#CC2CC1N=N2. The van der Waals surface area contributed by atoms with E-state index < -0.39 is 0 Å². The molecule has 208 valence electrons. The summed E-state index contributed by atoms with van der Waals surface area (Å²) < 4.78 is 0. The molecule has 8 unspecified atom stereocenters. The molecule has 8 nitrogen and oxygen atoms in total. The zero-order valence-corrected chi connectivity index (χ0v) is 23.9. The van der Waals surface area contributed by atoms with E-state index in [0.717, 1.165) is 0 Å². The molecule has 4 heterocycles. The van der Waals surface area contributed by atoms with Gasteiger partial charge in [-0.25, -0.2) is 0 Å². The van der Waals surface area contributed by atoms with E-state index in [-0.39, 0.29) is 48.3 Å². The quantitative estimate of drug-likeness (QED) is 0.381. The highest BCUT2D eigenvalue weighted by Gasteiger charge is 2.25. The van der Waals surface area contributed by atoms with Crippen LogP contribution in [0, 0.1) is 94.7 Å². The van der Waals surface area contributed by atoms with Crippen molar-refractivity contribution in [1.82, 2.24) is 0 Å². The number of azo groups is 4. The molecule has 0 spiro atoms. The van der Waals surface area contributed by atoms with Crippen LogP contribution in [-0.2, 0) is 0 Å². The molecule has 0 aromatic carbocycles. The van der Waals surface area contributed by atoms with Gasteiger partial charge in [-0.1, -0.05) is 73.7 Å². The monoisotopic (exact) mass is 568 g/mol. The Hall–Kier alpha value is -6.16. The summed E-state index contributed by atoms with van der Waals surface area (Å²) in [5.74, 6) is 46.6. The first-order valence-corrected chi connectivity index (χ1v) is 13.9. The van der Waals surface area contributed by atoms with E-state index in [1.54, 1.807) is 0 Å². The molecule has 8 heteroatoms. The minimum atomic E-state index is -0.277. The Bertz CT molecular complexity index is 1660. The highest BCUT2D eigenvalue weighted by molar-refractivity contribution is 5.44. The first kappa shape index (κ1) is 29.3. The molecule has 0 radical (unpaired) electrons. The summed E-state index contributed by atoms with van der Waals surface area (Å²) in [4.78, 5) is 0. The van der Waals surface area contributed by atoms with Crippen LogP contribution in [0.15, 0.2) is 89.5 Å². The number of nitrogens with zero attached hydrogens (tertiary/aromatic N) is 8. The van der Waals surface area contributed by atoms with Crippen molar-refractivity contribution < 1.29 is 0 Å². The summed E-state index contributed by atoms with van der Waals surface area (Å²) in [6, 6.07) is -2.06. The first-order valence-electron chi connectivity index (χ1n) is 13.9. The molecule has 8 atom stereocenters. The normalized spacial score (nSPS) is 31.1. The van der Waals surface area contributed by atoms with E-state index in [1.165, 1.54) is 0 Å². The van der Waals surface area contributed by atoms with Gasteiger partial charge in [-0.3, -0.25) is 0 Å². The Morgan fingerprint density at radius 3 is 0.795 bits per heavy atom. The summed E-state index contributed by atoms with van der Waals surface area (Å²) in [5, 5.41) is 33.9. The molecule has 0 aromatic rings. The summed E-state index contributed by atoms with van der Waals surface area (Å²) in [6.45, 7) is 16.1. The molecule has 4 aliphatic heterocycles. The van der Waals surface area contributed by atoms with Crippen LogP contribution in [0.1, 0.15) is 25.7 Å². The standard InChI is InChI=1S/C36H24N8/c1-25-13-5-9-17-30-22-34(42-38-30)27(3)15-7-11-19-32-24-36(44-40-32)28(4)16-8-12-20-31-23-35(43-39-31)26(2)14-6-10-18-29-21-33(25)41-37-29/h29-36H,1-4,21-24H2. The molecule has 0 aromatic heterocycles. The van der Waals surface area contributed by atoms with Crippen molar-refractivity contribution in [1.29, 1.82) is 0 Å². The molecule has 0 amide bonds. The first-order chi connectivity index (χ1) is 21.4. The van der Waals surface area contributed by atoms with Crippen molar-refractivity contribution >= 4 is 0 Å². The van der Waals surface area contributed by atoms with Crippen LogP contribution in [0.25, 0.3) is 0 Å². The smallest absolute Gasteiger partial charge is 0.135 e. The highest BCUT2D eigenvalue weighted by atomic mass is 15.2. The summed E-state index contributed by atoms with van der Waals surface area (Å²) in [5.41, 5.74) is 2.51.